The second-order valence-corrected chi connectivity index (χ2v) is 15.2. The molecule has 0 aliphatic heterocycles. The van der Waals surface area contributed by atoms with Crippen molar-refractivity contribution < 1.29 is 17.7 Å². The van der Waals surface area contributed by atoms with E-state index in [-0.39, 0.29) is 22.3 Å². The van der Waals surface area contributed by atoms with Gasteiger partial charge in [0, 0.05) is 10.8 Å². The third-order valence-electron chi connectivity index (χ3n) is 13.7. The highest BCUT2D eigenvalue weighted by atomic mass is 32.2. The van der Waals surface area contributed by atoms with E-state index in [4.69, 9.17) is 4.18 Å². The van der Waals surface area contributed by atoms with Crippen LogP contribution in [0.4, 0.5) is 0 Å². The minimum Gasteiger partial charge on any atom is -0.388 e. The van der Waals surface area contributed by atoms with Crippen LogP contribution in [0.1, 0.15) is 44.6 Å². The first-order chi connectivity index (χ1) is 15.8. The van der Waals surface area contributed by atoms with Crippen molar-refractivity contribution in [3.05, 3.63) is 29.8 Å². The van der Waals surface area contributed by atoms with Crippen molar-refractivity contribution in [3.63, 3.8) is 0 Å². The molecule has 0 heterocycles. The summed E-state index contributed by atoms with van der Waals surface area (Å²) >= 11 is 0. The summed E-state index contributed by atoms with van der Waals surface area (Å²) in [6.07, 6.45) is 6.32. The second kappa shape index (κ2) is 5.27. The molecule has 0 amide bonds. The highest BCUT2D eigenvalue weighted by Gasteiger charge is 2.99. The van der Waals surface area contributed by atoms with Crippen LogP contribution in [0.25, 0.3) is 0 Å². The normalized spacial score (nSPS) is 61.7. The van der Waals surface area contributed by atoms with E-state index >= 15 is 0 Å². The van der Waals surface area contributed by atoms with Gasteiger partial charge in [0.15, 0.2) is 0 Å². The molecule has 33 heavy (non-hydrogen) atoms. The molecule has 9 saturated carbocycles. The fraction of sp³-hybridized carbons (Fsp3) is 0.786. The van der Waals surface area contributed by atoms with E-state index in [1.54, 1.807) is 12.1 Å². The van der Waals surface area contributed by atoms with E-state index in [1.807, 2.05) is 19.1 Å². The molecule has 4 nitrogen and oxygen atoms in total. The molecular formula is C28H34O4S. The van der Waals surface area contributed by atoms with Gasteiger partial charge in [-0.2, -0.15) is 8.42 Å². The molecule has 0 spiro atoms. The Balaban J connectivity index is 1.22. The maximum atomic E-state index is 13.4. The molecule has 9 fully saturated rings. The lowest BCUT2D eigenvalue weighted by Gasteiger charge is -2.64. The number of fused-ring (bicyclic) bond motifs is 1. The van der Waals surface area contributed by atoms with E-state index in [2.05, 4.69) is 6.92 Å². The van der Waals surface area contributed by atoms with Crippen molar-refractivity contribution in [1.29, 1.82) is 0 Å². The summed E-state index contributed by atoms with van der Waals surface area (Å²) in [7, 11) is -3.85. The predicted molar refractivity (Wildman–Crippen MR) is 121 cm³/mol. The molecule has 1 N–H and O–H groups in total. The van der Waals surface area contributed by atoms with Gasteiger partial charge in [0.1, 0.15) is 0 Å². The molecule has 1 aromatic rings. The summed E-state index contributed by atoms with van der Waals surface area (Å²) in [5.41, 5.74) is -0.0802. The molecule has 9 aliphatic rings. The maximum Gasteiger partial charge on any atom is 0.296 e. The van der Waals surface area contributed by atoms with Crippen LogP contribution in [0, 0.1) is 82.9 Å². The lowest BCUT2D eigenvalue weighted by molar-refractivity contribution is -0.268. The van der Waals surface area contributed by atoms with Crippen LogP contribution in [-0.4, -0.2) is 25.7 Å². The smallest absolute Gasteiger partial charge is 0.296 e. The van der Waals surface area contributed by atoms with Crippen molar-refractivity contribution in [2.75, 3.05) is 6.61 Å². The zero-order valence-corrected chi connectivity index (χ0v) is 20.3. The summed E-state index contributed by atoms with van der Waals surface area (Å²) in [6, 6.07) is 7.02. The molecule has 176 valence electrons. The fourth-order valence-corrected chi connectivity index (χ4v) is 14.9. The molecule has 1 aromatic carbocycles. The lowest BCUT2D eigenvalue weighted by Crippen LogP contribution is -2.71. The first-order valence-corrected chi connectivity index (χ1v) is 14.9. The quantitative estimate of drug-likeness (QED) is 0.674. The van der Waals surface area contributed by atoms with E-state index < -0.39 is 15.7 Å². The zero-order valence-electron chi connectivity index (χ0n) is 19.5. The maximum absolute atomic E-state index is 13.4. The lowest BCUT2D eigenvalue weighted by atomic mass is 9.43. The fourth-order valence-electron chi connectivity index (χ4n) is 14.0. The monoisotopic (exact) mass is 466 g/mol. The molecule has 0 aromatic heterocycles. The van der Waals surface area contributed by atoms with Crippen LogP contribution in [0.15, 0.2) is 29.2 Å². The Morgan fingerprint density at radius 1 is 0.909 bits per heavy atom. The standard InChI is InChI=1S/C28H34O4S/c1-13-6-8-14(9-7-13)33(30,31)32-12-27-23-16-5-3-4-15(16)22-20(23)21-24(27)17-10-11-18-19(17)25(21)26(22,2)28(18,27)29/h6-9,15-25,29H,3-5,10-12H2,1-2H3/t15-,16+,17+,18+,19+,20-,21+,22+,23-,24-,25-,26+,27+,28-/m0/s1. The SMILES string of the molecule is Cc1ccc(S(=O)(=O)OC[C@]23[C@H]4[C@@H]5CC[C@@H]6[C@@H]5[C@H]5[C@@H]4[C@H]4[C@@H]([C@H]7CCC[C@H]7[C@@H]42)[C@@]5(C)[C@@]63O)cc1. The molecular weight excluding hydrogens is 432 g/mol. The Hall–Kier alpha value is -0.910. The highest BCUT2D eigenvalue weighted by molar-refractivity contribution is 7.86. The van der Waals surface area contributed by atoms with Gasteiger partial charge in [0.2, 0.25) is 0 Å². The van der Waals surface area contributed by atoms with Crippen LogP contribution in [0.3, 0.4) is 0 Å². The third-order valence-corrected chi connectivity index (χ3v) is 15.0. The molecule has 0 radical (unpaired) electrons. The number of aryl methyl sites for hydroxylation is 1. The Morgan fingerprint density at radius 3 is 2.33 bits per heavy atom. The minimum absolute atomic E-state index is 0.0272. The van der Waals surface area contributed by atoms with Gasteiger partial charge < -0.3 is 5.11 Å². The van der Waals surface area contributed by atoms with Gasteiger partial charge in [0.25, 0.3) is 10.1 Å². The van der Waals surface area contributed by atoms with Crippen LogP contribution >= 0.6 is 0 Å². The topological polar surface area (TPSA) is 63.6 Å². The van der Waals surface area contributed by atoms with Crippen LogP contribution in [0.2, 0.25) is 0 Å². The van der Waals surface area contributed by atoms with Gasteiger partial charge in [-0.05, 0) is 110 Å². The second-order valence-electron chi connectivity index (χ2n) is 13.6. The van der Waals surface area contributed by atoms with Gasteiger partial charge in [-0.15, -0.1) is 0 Å². The van der Waals surface area contributed by atoms with E-state index in [1.165, 1.54) is 25.7 Å². The number of benzene rings is 1. The third kappa shape index (κ3) is 1.58. The predicted octanol–water partition coefficient (Wildman–Crippen LogP) is 4.26. The highest BCUT2D eigenvalue weighted by Crippen LogP contribution is 2.98. The number of aliphatic hydroxyl groups is 1. The summed E-state index contributed by atoms with van der Waals surface area (Å²) in [5.74, 6) is 6.98. The molecule has 0 unspecified atom stereocenters. The minimum atomic E-state index is -3.85. The van der Waals surface area contributed by atoms with Crippen molar-refractivity contribution in [2.45, 2.75) is 56.4 Å². The van der Waals surface area contributed by atoms with Crippen molar-refractivity contribution in [2.24, 2.45) is 75.9 Å². The van der Waals surface area contributed by atoms with Crippen molar-refractivity contribution in [3.8, 4) is 0 Å². The van der Waals surface area contributed by atoms with Gasteiger partial charge >= 0.3 is 0 Å². The number of rotatable bonds is 4. The Kier molecular flexibility index (Phi) is 3.08. The molecule has 9 aliphatic carbocycles. The largest absolute Gasteiger partial charge is 0.388 e. The zero-order chi connectivity index (χ0) is 22.3. The molecule has 0 saturated heterocycles. The summed E-state index contributed by atoms with van der Waals surface area (Å²) in [6.45, 7) is 4.64. The van der Waals surface area contributed by atoms with E-state index in [9.17, 15) is 13.5 Å². The van der Waals surface area contributed by atoms with E-state index in [0.29, 0.717) is 47.3 Å². The molecule has 5 heteroatoms. The number of hydrogen-bond acceptors (Lipinski definition) is 4. The first kappa shape index (κ1) is 19.3. The Bertz CT molecular complexity index is 1210. The van der Waals surface area contributed by atoms with Crippen LogP contribution in [0.5, 0.6) is 0 Å². The summed E-state index contributed by atoms with van der Waals surface area (Å²) in [5, 5.41) is 13.1. The van der Waals surface area contributed by atoms with Gasteiger partial charge in [-0.1, -0.05) is 31.0 Å². The van der Waals surface area contributed by atoms with Gasteiger partial charge in [0.05, 0.1) is 17.1 Å². The average molecular weight is 467 g/mol. The molecule has 9 bridgehead atoms. The first-order valence-electron chi connectivity index (χ1n) is 13.5. The van der Waals surface area contributed by atoms with Crippen molar-refractivity contribution in [1.82, 2.24) is 0 Å². The Morgan fingerprint density at radius 2 is 1.58 bits per heavy atom. The van der Waals surface area contributed by atoms with Crippen molar-refractivity contribution >= 4 is 10.1 Å². The van der Waals surface area contributed by atoms with Gasteiger partial charge in [-0.3, -0.25) is 4.18 Å². The summed E-state index contributed by atoms with van der Waals surface area (Å²) < 4.78 is 32.8. The number of hydrogen-bond donors (Lipinski definition) is 1. The molecule has 14 atom stereocenters. The van der Waals surface area contributed by atoms with E-state index in [0.717, 1.165) is 29.7 Å². The van der Waals surface area contributed by atoms with Crippen LogP contribution in [-0.2, 0) is 14.3 Å². The molecule has 10 rings (SSSR count). The average Bonchev–Trinajstić information content (AvgIpc) is 3.55. The summed E-state index contributed by atoms with van der Waals surface area (Å²) in [4.78, 5) is 0.250. The Labute approximate surface area is 196 Å². The van der Waals surface area contributed by atoms with Crippen LogP contribution < -0.4 is 0 Å². The van der Waals surface area contributed by atoms with Gasteiger partial charge in [-0.25, -0.2) is 0 Å².